The van der Waals surface area contributed by atoms with Crippen LogP contribution in [0.5, 0.6) is 0 Å². The van der Waals surface area contributed by atoms with E-state index in [1.165, 1.54) is 0 Å². The van der Waals surface area contributed by atoms with Crippen molar-refractivity contribution in [1.82, 2.24) is 0 Å². The molecular formula is C10H10N2. The highest BCUT2D eigenvalue weighted by Crippen LogP contribution is 2.34. The van der Waals surface area contributed by atoms with Crippen molar-refractivity contribution in [2.24, 2.45) is 11.8 Å². The summed E-state index contributed by atoms with van der Waals surface area (Å²) in [4.78, 5) is 0. The van der Waals surface area contributed by atoms with Crippen LogP contribution in [0.4, 0.5) is 0 Å². The molecule has 1 aliphatic carbocycles. The first-order valence-electron chi connectivity index (χ1n) is 3.84. The van der Waals surface area contributed by atoms with E-state index < -0.39 is 0 Å². The van der Waals surface area contributed by atoms with Gasteiger partial charge in [-0.15, -0.1) is 0 Å². The van der Waals surface area contributed by atoms with Crippen LogP contribution in [-0.2, 0) is 0 Å². The first-order chi connectivity index (χ1) is 5.69. The SMILES string of the molecule is C=C1CC(C#N)C(C#N)CC1=C. The van der Waals surface area contributed by atoms with Gasteiger partial charge in [0.15, 0.2) is 0 Å². The summed E-state index contributed by atoms with van der Waals surface area (Å²) in [5, 5.41) is 17.4. The van der Waals surface area contributed by atoms with Crippen LogP contribution in [0.25, 0.3) is 0 Å². The third-order valence-corrected chi connectivity index (χ3v) is 2.25. The van der Waals surface area contributed by atoms with Crippen LogP contribution in [0.1, 0.15) is 12.8 Å². The van der Waals surface area contributed by atoms with Gasteiger partial charge in [-0.3, -0.25) is 0 Å². The molecule has 0 amide bonds. The summed E-state index contributed by atoms with van der Waals surface area (Å²) in [5.41, 5.74) is 1.85. The minimum Gasteiger partial charge on any atom is -0.198 e. The Morgan fingerprint density at radius 3 is 1.58 bits per heavy atom. The van der Waals surface area contributed by atoms with Gasteiger partial charge in [-0.05, 0) is 12.8 Å². The lowest BCUT2D eigenvalue weighted by Gasteiger charge is -2.24. The lowest BCUT2D eigenvalue weighted by molar-refractivity contribution is 0.459. The van der Waals surface area contributed by atoms with Gasteiger partial charge in [0.05, 0.1) is 24.0 Å². The summed E-state index contributed by atoms with van der Waals surface area (Å²) in [7, 11) is 0. The Morgan fingerprint density at radius 1 is 1.00 bits per heavy atom. The van der Waals surface area contributed by atoms with Crippen molar-refractivity contribution in [1.29, 1.82) is 10.5 Å². The first-order valence-corrected chi connectivity index (χ1v) is 3.84. The average molecular weight is 158 g/mol. The van der Waals surface area contributed by atoms with E-state index in [1.807, 2.05) is 0 Å². The molecule has 0 spiro atoms. The van der Waals surface area contributed by atoms with Crippen molar-refractivity contribution < 1.29 is 0 Å². The third kappa shape index (κ3) is 1.38. The summed E-state index contributed by atoms with van der Waals surface area (Å²) in [6.45, 7) is 7.60. The van der Waals surface area contributed by atoms with Crippen molar-refractivity contribution in [2.45, 2.75) is 12.8 Å². The normalized spacial score (nSPS) is 29.2. The monoisotopic (exact) mass is 158 g/mol. The van der Waals surface area contributed by atoms with Crippen LogP contribution in [0.2, 0.25) is 0 Å². The fraction of sp³-hybridized carbons (Fsp3) is 0.400. The van der Waals surface area contributed by atoms with Crippen LogP contribution in [0.15, 0.2) is 24.3 Å². The van der Waals surface area contributed by atoms with Crippen molar-refractivity contribution >= 4 is 0 Å². The molecule has 0 aromatic carbocycles. The predicted octanol–water partition coefficient (Wildman–Crippen LogP) is 2.17. The lowest BCUT2D eigenvalue weighted by Crippen LogP contribution is -2.18. The summed E-state index contributed by atoms with van der Waals surface area (Å²) in [6.07, 6.45) is 1.21. The molecule has 1 saturated carbocycles. The van der Waals surface area contributed by atoms with E-state index in [9.17, 15) is 0 Å². The Balaban J connectivity index is 2.81. The second-order valence-electron chi connectivity index (χ2n) is 3.09. The van der Waals surface area contributed by atoms with E-state index in [0.717, 1.165) is 11.1 Å². The maximum atomic E-state index is 8.72. The van der Waals surface area contributed by atoms with Crippen LogP contribution >= 0.6 is 0 Å². The molecule has 1 fully saturated rings. The molecule has 0 aliphatic heterocycles. The molecule has 0 heterocycles. The number of rotatable bonds is 0. The van der Waals surface area contributed by atoms with Crippen LogP contribution in [-0.4, -0.2) is 0 Å². The minimum atomic E-state index is -0.187. The summed E-state index contributed by atoms with van der Waals surface area (Å²) < 4.78 is 0. The molecule has 1 rings (SSSR count). The van der Waals surface area contributed by atoms with Gasteiger partial charge in [-0.1, -0.05) is 24.3 Å². The van der Waals surface area contributed by atoms with E-state index >= 15 is 0 Å². The Morgan fingerprint density at radius 2 is 1.33 bits per heavy atom. The molecule has 0 saturated heterocycles. The maximum absolute atomic E-state index is 8.72. The van der Waals surface area contributed by atoms with Gasteiger partial charge in [0, 0.05) is 0 Å². The maximum Gasteiger partial charge on any atom is 0.0673 e. The molecule has 1 aliphatic rings. The molecule has 2 nitrogen and oxygen atoms in total. The predicted molar refractivity (Wildman–Crippen MR) is 45.7 cm³/mol. The molecular weight excluding hydrogens is 148 g/mol. The van der Waals surface area contributed by atoms with E-state index in [4.69, 9.17) is 10.5 Å². The summed E-state index contributed by atoms with van der Waals surface area (Å²) >= 11 is 0. The van der Waals surface area contributed by atoms with Crippen LogP contribution in [0.3, 0.4) is 0 Å². The van der Waals surface area contributed by atoms with Gasteiger partial charge in [0.2, 0.25) is 0 Å². The van der Waals surface area contributed by atoms with Crippen molar-refractivity contribution in [2.75, 3.05) is 0 Å². The first kappa shape index (κ1) is 8.56. The van der Waals surface area contributed by atoms with Gasteiger partial charge >= 0.3 is 0 Å². The van der Waals surface area contributed by atoms with E-state index in [2.05, 4.69) is 25.3 Å². The van der Waals surface area contributed by atoms with Crippen molar-refractivity contribution in [3.05, 3.63) is 24.3 Å². The molecule has 12 heavy (non-hydrogen) atoms. The lowest BCUT2D eigenvalue weighted by atomic mass is 9.76. The van der Waals surface area contributed by atoms with Crippen molar-refractivity contribution in [3.8, 4) is 12.1 Å². The zero-order valence-corrected chi connectivity index (χ0v) is 6.88. The molecule has 2 heteroatoms. The average Bonchev–Trinajstić information content (AvgIpc) is 2.09. The van der Waals surface area contributed by atoms with Crippen molar-refractivity contribution in [3.63, 3.8) is 0 Å². The molecule has 60 valence electrons. The summed E-state index contributed by atoms with van der Waals surface area (Å²) in [5.74, 6) is -0.374. The highest BCUT2D eigenvalue weighted by molar-refractivity contribution is 5.32. The smallest absolute Gasteiger partial charge is 0.0673 e. The molecule has 2 atom stereocenters. The Hall–Kier alpha value is -1.54. The number of allylic oxidation sites excluding steroid dienone is 2. The highest BCUT2D eigenvalue weighted by Gasteiger charge is 2.28. The quantitative estimate of drug-likeness (QED) is 0.542. The Labute approximate surface area is 72.4 Å². The number of hydrogen-bond donors (Lipinski definition) is 0. The number of nitrogens with zero attached hydrogens (tertiary/aromatic N) is 2. The standard InChI is InChI=1S/C10H10N2/c1-7-3-9(5-11)10(6-12)4-8(7)2/h9-10H,1-4H2. The molecule has 0 aromatic heterocycles. The van der Waals surface area contributed by atoms with Gasteiger partial charge in [0.25, 0.3) is 0 Å². The van der Waals surface area contributed by atoms with Crippen LogP contribution < -0.4 is 0 Å². The van der Waals surface area contributed by atoms with E-state index in [1.54, 1.807) is 0 Å². The fourth-order valence-electron chi connectivity index (χ4n) is 1.38. The van der Waals surface area contributed by atoms with E-state index in [-0.39, 0.29) is 11.8 Å². The Bertz CT molecular complexity index is 269. The molecule has 0 bridgehead atoms. The fourth-order valence-corrected chi connectivity index (χ4v) is 1.38. The molecule has 2 unspecified atom stereocenters. The third-order valence-electron chi connectivity index (χ3n) is 2.25. The zero-order valence-electron chi connectivity index (χ0n) is 6.88. The number of nitriles is 2. The zero-order chi connectivity index (χ0) is 9.14. The highest BCUT2D eigenvalue weighted by atomic mass is 14.4. The van der Waals surface area contributed by atoms with Gasteiger partial charge in [0.1, 0.15) is 0 Å². The van der Waals surface area contributed by atoms with Gasteiger partial charge < -0.3 is 0 Å². The van der Waals surface area contributed by atoms with Gasteiger partial charge in [-0.25, -0.2) is 0 Å². The largest absolute Gasteiger partial charge is 0.198 e. The molecule has 0 radical (unpaired) electrons. The second-order valence-corrected chi connectivity index (χ2v) is 3.09. The topological polar surface area (TPSA) is 47.6 Å². The second kappa shape index (κ2) is 3.24. The van der Waals surface area contributed by atoms with Crippen LogP contribution in [0, 0.1) is 34.5 Å². The summed E-state index contributed by atoms with van der Waals surface area (Å²) in [6, 6.07) is 4.26. The minimum absolute atomic E-state index is 0.187. The molecule has 0 aromatic rings. The Kier molecular flexibility index (Phi) is 2.31. The van der Waals surface area contributed by atoms with Gasteiger partial charge in [-0.2, -0.15) is 10.5 Å². The number of hydrogen-bond acceptors (Lipinski definition) is 2. The van der Waals surface area contributed by atoms with E-state index in [0.29, 0.717) is 12.8 Å². The molecule has 0 N–H and O–H groups in total.